The van der Waals surface area contributed by atoms with E-state index in [1.165, 1.54) is 26.3 Å². The number of carboxylic acid groups (broad SMARTS) is 2. The number of alkyl halides is 3. The molecule has 6 aromatic rings. The zero-order valence-corrected chi connectivity index (χ0v) is 55.2. The van der Waals surface area contributed by atoms with Crippen LogP contribution in [-0.2, 0) is 43.2 Å². The molecule has 3 atom stereocenters. The third kappa shape index (κ3) is 11.0. The van der Waals surface area contributed by atoms with Crippen molar-refractivity contribution in [3.8, 4) is 17.2 Å². The van der Waals surface area contributed by atoms with E-state index in [2.05, 4.69) is 5.32 Å². The van der Waals surface area contributed by atoms with E-state index in [1.807, 2.05) is 88.7 Å². The number of nitrogens with zero attached hydrogens (tertiary/aromatic N) is 2. The van der Waals surface area contributed by atoms with Gasteiger partial charge in [0.2, 0.25) is 22.3 Å². The van der Waals surface area contributed by atoms with E-state index in [1.54, 1.807) is 12.1 Å². The van der Waals surface area contributed by atoms with Crippen molar-refractivity contribution in [2.45, 2.75) is 116 Å². The summed E-state index contributed by atoms with van der Waals surface area (Å²) in [5.74, 6) is -0.0317. The molecule has 9 saturated carbocycles. The number of carbonyl (C=O) groups is 9. The van der Waals surface area contributed by atoms with E-state index < -0.39 is 56.4 Å². The second-order valence-electron chi connectivity index (χ2n) is 26.5. The van der Waals surface area contributed by atoms with Gasteiger partial charge in [-0.1, -0.05) is 72.8 Å². The number of aliphatic carboxylic acids is 2. The molecule has 0 spiro atoms. The first-order valence-corrected chi connectivity index (χ1v) is 32.8. The number of amides is 2. The number of esters is 3. The first kappa shape index (κ1) is 66.7. The predicted octanol–water partition coefficient (Wildman–Crippen LogP) is 14.2. The largest absolute Gasteiger partial charge is 0.481 e. The maximum absolute atomic E-state index is 14.6. The van der Waals surface area contributed by atoms with Gasteiger partial charge in [-0.2, -0.15) is 0 Å². The Hall–Kier alpha value is -6.73. The number of ether oxygens (including phenoxy) is 3. The van der Waals surface area contributed by atoms with Gasteiger partial charge in [0.1, 0.15) is 17.2 Å². The van der Waals surface area contributed by atoms with Crippen LogP contribution in [0.1, 0.15) is 132 Å². The molecule has 9 fully saturated rings. The maximum Gasteiger partial charge on any atom is 0.309 e. The lowest BCUT2D eigenvalue weighted by atomic mass is 9.59. The number of anilines is 3. The summed E-state index contributed by atoms with van der Waals surface area (Å²) in [5, 5.41) is 25.8. The van der Waals surface area contributed by atoms with Crippen LogP contribution in [0.25, 0.3) is 32.3 Å². The number of hydrogen-bond donors (Lipinski definition) is 3. The van der Waals surface area contributed by atoms with Crippen LogP contribution in [0.2, 0.25) is 0 Å². The van der Waals surface area contributed by atoms with E-state index in [4.69, 9.17) is 82.4 Å². The number of halogens is 6. The van der Waals surface area contributed by atoms with E-state index in [0.717, 1.165) is 68.5 Å². The molecule has 23 heteroatoms. The molecule has 17 nitrogen and oxygen atoms in total. The van der Waals surface area contributed by atoms with Gasteiger partial charge in [0.15, 0.2) is 0 Å². The smallest absolute Gasteiger partial charge is 0.309 e. The fourth-order valence-corrected chi connectivity index (χ4v) is 18.1. The maximum atomic E-state index is 14.6. The van der Waals surface area contributed by atoms with Crippen molar-refractivity contribution in [1.82, 2.24) is 0 Å². The Balaban J connectivity index is 0.000000158. The van der Waals surface area contributed by atoms with E-state index in [9.17, 15) is 43.2 Å². The fourth-order valence-electron chi connectivity index (χ4n) is 16.9. The summed E-state index contributed by atoms with van der Waals surface area (Å²) in [6.07, 6.45) is 6.49. The first-order valence-electron chi connectivity index (χ1n) is 30.5. The van der Waals surface area contributed by atoms with Gasteiger partial charge in [-0.25, -0.2) is 0 Å². The van der Waals surface area contributed by atoms with Gasteiger partial charge in [-0.15, -0.1) is 47.2 Å². The van der Waals surface area contributed by atoms with Crippen molar-refractivity contribution < 1.29 is 67.6 Å². The van der Waals surface area contributed by atoms with Crippen molar-refractivity contribution >= 4 is 172 Å². The highest BCUT2D eigenvalue weighted by Crippen LogP contribution is 2.71. The quantitative estimate of drug-likeness (QED) is 0.0447. The summed E-state index contributed by atoms with van der Waals surface area (Å²) in [7, 11) is 0. The first-order chi connectivity index (χ1) is 43.3. The van der Waals surface area contributed by atoms with E-state index in [-0.39, 0.29) is 52.5 Å². The van der Waals surface area contributed by atoms with Crippen LogP contribution in [0.3, 0.4) is 0 Å². The summed E-state index contributed by atoms with van der Waals surface area (Å²) in [4.78, 5) is 111. The Labute approximate surface area is 561 Å². The lowest BCUT2D eigenvalue weighted by Crippen LogP contribution is -2.55. The molecule has 2 amide bonds. The molecule has 484 valence electrons. The number of hydrogen-bond acceptors (Lipinski definition) is 13. The van der Waals surface area contributed by atoms with Crippen LogP contribution in [-0.4, -0.2) is 99.6 Å². The Morgan fingerprint density at radius 1 is 0.457 bits per heavy atom. The summed E-state index contributed by atoms with van der Waals surface area (Å²) in [6, 6.07) is 28.9. The van der Waals surface area contributed by atoms with Crippen molar-refractivity contribution in [2.24, 2.45) is 32.5 Å². The summed E-state index contributed by atoms with van der Waals surface area (Å²) in [5.41, 5.74) is 2.15. The third-order valence-electron chi connectivity index (χ3n) is 21.0. The highest BCUT2D eigenvalue weighted by atomic mass is 35.5. The van der Waals surface area contributed by atoms with Gasteiger partial charge in [-0.05, 0) is 133 Å². The zero-order chi connectivity index (χ0) is 64.9. The highest BCUT2D eigenvalue weighted by Gasteiger charge is 2.71. The summed E-state index contributed by atoms with van der Waals surface area (Å²) in [6.45, 7) is 5.82. The van der Waals surface area contributed by atoms with Crippen LogP contribution in [0, 0.1) is 32.5 Å². The number of nitrogens with one attached hydrogen (secondary N) is 1. The van der Waals surface area contributed by atoms with Gasteiger partial charge in [0.05, 0.1) is 33.0 Å². The normalized spacial score (nSPS) is 28.1. The zero-order valence-electron chi connectivity index (χ0n) is 50.6. The highest BCUT2D eigenvalue weighted by molar-refractivity contribution is 6.67. The minimum absolute atomic E-state index is 0. The van der Waals surface area contributed by atoms with Crippen LogP contribution in [0.15, 0.2) is 91.0 Å². The van der Waals surface area contributed by atoms with Crippen molar-refractivity contribution in [1.29, 1.82) is 0 Å². The Bertz CT molecular complexity index is 3870. The fraction of sp³-hybridized carbons (Fsp3) is 0.435. The Morgan fingerprint density at radius 3 is 1.08 bits per heavy atom. The van der Waals surface area contributed by atoms with Crippen molar-refractivity contribution in [3.05, 3.63) is 108 Å². The Morgan fingerprint density at radius 2 is 0.761 bits per heavy atom. The molecule has 92 heavy (non-hydrogen) atoms. The molecule has 0 aromatic heterocycles. The molecular weight excluding hydrogens is 1310 g/mol. The molecule has 3 N–H and O–H groups in total. The summed E-state index contributed by atoms with van der Waals surface area (Å²) < 4.78 is 16.6. The van der Waals surface area contributed by atoms with Gasteiger partial charge in [-0.3, -0.25) is 43.2 Å². The Kier molecular flexibility index (Phi) is 18.0. The molecule has 12 aliphatic rings. The number of rotatable bonds is 12. The molecule has 3 heterocycles. The molecule has 18 rings (SSSR count). The molecule has 0 saturated heterocycles. The van der Waals surface area contributed by atoms with E-state index >= 15 is 0 Å². The van der Waals surface area contributed by atoms with E-state index in [0.29, 0.717) is 129 Å². The number of carboxylic acids is 2. The third-order valence-corrected chi connectivity index (χ3v) is 22.9. The molecule has 0 radical (unpaired) electrons. The van der Waals surface area contributed by atoms with Crippen LogP contribution >= 0.6 is 70.4 Å². The molecular formula is C69H67Cl6N3O14. The minimum Gasteiger partial charge on any atom is -0.481 e. The number of carbonyl (C=O) groups excluding carboxylic acids is 7. The monoisotopic (exact) mass is 1370 g/mol. The second-order valence-corrected chi connectivity index (χ2v) is 28.1. The molecule has 6 aromatic carbocycles. The average molecular weight is 1380 g/mol. The summed E-state index contributed by atoms with van der Waals surface area (Å²) >= 11 is 29.9. The van der Waals surface area contributed by atoms with Gasteiger partial charge >= 0.3 is 29.8 Å². The van der Waals surface area contributed by atoms with Crippen LogP contribution in [0.4, 0.5) is 17.1 Å². The lowest BCUT2D eigenvalue weighted by Gasteiger charge is -2.47. The molecule has 3 aliphatic heterocycles. The molecule has 9 aliphatic carbocycles. The van der Waals surface area contributed by atoms with Crippen LogP contribution in [0.5, 0.6) is 17.2 Å². The van der Waals surface area contributed by atoms with Gasteiger partial charge in [0.25, 0.3) is 0 Å². The predicted molar refractivity (Wildman–Crippen MR) is 354 cm³/mol. The standard InChI is InChI=1S/C38H34Cl2N2O6.C15H14ClNO2.C8H8Cl2O2.C8H10O4.ClH/c1-21(43)47-31-13-29-33(27-9-5-3-7-25(27)31)23(15-39)17-41(29)35(45)37-11-12-38(19-37,20-37)36(46)42-18-24(16-40)34-28-10-6-4-8-26(28)32(14-30(34)42)48-22(2)44;1-9(18)19-14-6-13-15(10(7-16)8-17-13)12-5-3-2-4-11(12)14;9-5(11)7-1-2-8(3-7,4-7)6(10)12;9-5(10)7-1-2-8(3-7,4-7)6(11)12;/h3-10,13-14,23-24H,11-12,15-20H2,1-2H3;2-6,10,17H,7-8H2,1H3;1-4H2;1-4H2,(H,9,10)(H,11,12);1H/t23-,24-,37?,38?;10-;;;/m11.../s1. The molecule has 6 bridgehead atoms. The number of fused-ring (bicyclic) bond motifs is 12. The van der Waals surface area contributed by atoms with Crippen LogP contribution < -0.4 is 29.3 Å². The number of benzene rings is 6. The SMILES string of the molecule is CC(=O)Oc1cc2c(c3ccccc13)[C@H](CCl)CN2.CC(=O)Oc1cc2c(c3ccccc13)[C@H](CCl)CN2C(=O)C12CCC(C(=O)N3C[C@@H](CCl)c4c3cc(OC(C)=O)c3ccccc43)(C1)C2.Cl.O=C(Cl)C12CCC(C(=O)Cl)(C1)C2.O=C(O)C12CCC(C(=O)O)(C1)C2. The van der Waals surface area contributed by atoms with Crippen molar-refractivity contribution in [3.63, 3.8) is 0 Å². The molecule has 0 unspecified atom stereocenters. The minimum atomic E-state index is -0.822. The topological polar surface area (TPSA) is 240 Å². The average Bonchev–Trinajstić information content (AvgIpc) is 1.53. The van der Waals surface area contributed by atoms with Gasteiger partial charge in [0, 0.05) is 127 Å². The van der Waals surface area contributed by atoms with Crippen molar-refractivity contribution in [2.75, 3.05) is 52.4 Å². The van der Waals surface area contributed by atoms with Gasteiger partial charge < -0.3 is 39.5 Å². The lowest BCUT2D eigenvalue weighted by molar-refractivity contribution is -0.167. The second kappa shape index (κ2) is 24.9.